The fraction of sp³-hybridized carbons (Fsp3) is 0.409. The van der Waals surface area contributed by atoms with E-state index in [4.69, 9.17) is 9.47 Å². The van der Waals surface area contributed by atoms with Crippen molar-refractivity contribution in [1.82, 2.24) is 5.32 Å². The minimum absolute atomic E-state index is 0.0653. The molecule has 1 aliphatic rings. The maximum Gasteiger partial charge on any atom is 0.265 e. The lowest BCUT2D eigenvalue weighted by Crippen LogP contribution is -2.46. The summed E-state index contributed by atoms with van der Waals surface area (Å²) < 4.78 is 11.5. The van der Waals surface area contributed by atoms with Crippen molar-refractivity contribution in [3.63, 3.8) is 0 Å². The summed E-state index contributed by atoms with van der Waals surface area (Å²) in [4.78, 5) is 12.8. The molecule has 1 aliphatic heterocycles. The zero-order chi connectivity index (χ0) is 18.7. The van der Waals surface area contributed by atoms with E-state index in [0.717, 1.165) is 5.56 Å². The lowest BCUT2D eigenvalue weighted by molar-refractivity contribution is -0.131. The predicted molar refractivity (Wildman–Crippen MR) is 103 cm³/mol. The van der Waals surface area contributed by atoms with Gasteiger partial charge in [-0.15, -0.1) is 0 Å². The lowest BCUT2D eigenvalue weighted by atomic mass is 9.93. The van der Waals surface area contributed by atoms with Gasteiger partial charge in [0.25, 0.3) is 5.91 Å². The molecule has 1 amide bonds. The van der Waals surface area contributed by atoms with Gasteiger partial charge in [-0.2, -0.15) is 0 Å². The molecule has 0 fully saturated rings. The standard InChI is InChI=1S/C22H27NO3/c1-14(2)16-9-11-17(12-10-16)21(15(3)4)23-22(24)20-13-25-18-7-5-6-8-19(18)26-20/h5-12,14-15,20-21H,13H2,1-4H3,(H,23,24)/t20-,21-/m1/s1. The van der Waals surface area contributed by atoms with Crippen LogP contribution in [0.15, 0.2) is 48.5 Å². The van der Waals surface area contributed by atoms with E-state index in [2.05, 4.69) is 57.3 Å². The number of carbonyl (C=O) groups is 1. The SMILES string of the molecule is CC(C)c1ccc([C@H](NC(=O)[C@H]2COc3ccccc3O2)C(C)C)cc1. The second-order valence-electron chi connectivity index (χ2n) is 7.42. The smallest absolute Gasteiger partial charge is 0.265 e. The molecule has 0 radical (unpaired) electrons. The summed E-state index contributed by atoms with van der Waals surface area (Å²) in [6, 6.07) is 15.8. The lowest BCUT2D eigenvalue weighted by Gasteiger charge is -2.29. The molecule has 3 rings (SSSR count). The Labute approximate surface area is 155 Å². The second-order valence-corrected chi connectivity index (χ2v) is 7.42. The molecule has 2 aromatic rings. The molecule has 0 unspecified atom stereocenters. The van der Waals surface area contributed by atoms with Crippen LogP contribution >= 0.6 is 0 Å². The molecule has 2 aromatic carbocycles. The molecule has 26 heavy (non-hydrogen) atoms. The molecule has 0 saturated carbocycles. The third-order valence-electron chi connectivity index (χ3n) is 4.73. The van der Waals surface area contributed by atoms with Crippen LogP contribution in [0, 0.1) is 5.92 Å². The van der Waals surface area contributed by atoms with Crippen LogP contribution in [0.5, 0.6) is 11.5 Å². The number of ether oxygens (including phenoxy) is 2. The van der Waals surface area contributed by atoms with E-state index in [1.165, 1.54) is 5.56 Å². The van der Waals surface area contributed by atoms with Crippen molar-refractivity contribution < 1.29 is 14.3 Å². The fourth-order valence-corrected chi connectivity index (χ4v) is 3.12. The molecule has 0 spiro atoms. The molecule has 4 heteroatoms. The Hall–Kier alpha value is -2.49. The Morgan fingerprint density at radius 2 is 1.58 bits per heavy atom. The van der Waals surface area contributed by atoms with Gasteiger partial charge in [0.1, 0.15) is 6.61 Å². The summed E-state index contributed by atoms with van der Waals surface area (Å²) in [6.45, 7) is 8.79. The van der Waals surface area contributed by atoms with Crippen LogP contribution in [-0.4, -0.2) is 18.6 Å². The highest BCUT2D eigenvalue weighted by Crippen LogP contribution is 2.31. The van der Waals surface area contributed by atoms with E-state index < -0.39 is 6.10 Å². The fourth-order valence-electron chi connectivity index (χ4n) is 3.12. The summed E-state index contributed by atoms with van der Waals surface area (Å²) in [7, 11) is 0. The number of rotatable bonds is 5. The van der Waals surface area contributed by atoms with Gasteiger partial charge in [-0.1, -0.05) is 64.1 Å². The van der Waals surface area contributed by atoms with Crippen LogP contribution in [0.3, 0.4) is 0 Å². The molecule has 1 heterocycles. The molecule has 2 atom stereocenters. The third-order valence-corrected chi connectivity index (χ3v) is 4.73. The quantitative estimate of drug-likeness (QED) is 0.863. The molecule has 0 aromatic heterocycles. The Morgan fingerprint density at radius 3 is 2.19 bits per heavy atom. The van der Waals surface area contributed by atoms with Gasteiger partial charge in [0.2, 0.25) is 6.10 Å². The zero-order valence-electron chi connectivity index (χ0n) is 15.9. The highest BCUT2D eigenvalue weighted by molar-refractivity contribution is 5.82. The van der Waals surface area contributed by atoms with Crippen molar-refractivity contribution in [1.29, 1.82) is 0 Å². The van der Waals surface area contributed by atoms with E-state index in [1.54, 1.807) is 0 Å². The van der Waals surface area contributed by atoms with Gasteiger partial charge in [-0.3, -0.25) is 4.79 Å². The van der Waals surface area contributed by atoms with Crippen molar-refractivity contribution in [2.45, 2.75) is 45.8 Å². The van der Waals surface area contributed by atoms with Crippen LogP contribution in [0.1, 0.15) is 50.8 Å². The van der Waals surface area contributed by atoms with Crippen LogP contribution in [0.4, 0.5) is 0 Å². The molecule has 0 bridgehead atoms. The summed E-state index contributed by atoms with van der Waals surface area (Å²) >= 11 is 0. The van der Waals surface area contributed by atoms with E-state index in [-0.39, 0.29) is 24.5 Å². The van der Waals surface area contributed by atoms with Crippen molar-refractivity contribution in [3.8, 4) is 11.5 Å². The Morgan fingerprint density at radius 1 is 0.962 bits per heavy atom. The molecule has 1 N–H and O–H groups in total. The molecule has 0 aliphatic carbocycles. The second kappa shape index (κ2) is 7.81. The minimum atomic E-state index is -0.638. The number of nitrogens with one attached hydrogen (secondary N) is 1. The van der Waals surface area contributed by atoms with Crippen LogP contribution in [0.2, 0.25) is 0 Å². The van der Waals surface area contributed by atoms with Gasteiger partial charge in [0.15, 0.2) is 11.5 Å². The number of benzene rings is 2. The molecular formula is C22H27NO3. The summed E-state index contributed by atoms with van der Waals surface area (Å²) in [5.74, 6) is 1.90. The summed E-state index contributed by atoms with van der Waals surface area (Å²) in [6.07, 6.45) is -0.638. The maximum atomic E-state index is 12.8. The normalized spacial score (nSPS) is 17.2. The zero-order valence-corrected chi connectivity index (χ0v) is 15.9. The van der Waals surface area contributed by atoms with Crippen molar-refractivity contribution in [2.75, 3.05) is 6.61 Å². The van der Waals surface area contributed by atoms with Crippen LogP contribution in [0.25, 0.3) is 0 Å². The largest absolute Gasteiger partial charge is 0.485 e. The van der Waals surface area contributed by atoms with E-state index in [1.807, 2.05) is 24.3 Å². The first-order chi connectivity index (χ1) is 12.5. The van der Waals surface area contributed by atoms with Crippen LogP contribution < -0.4 is 14.8 Å². The highest BCUT2D eigenvalue weighted by atomic mass is 16.6. The van der Waals surface area contributed by atoms with Gasteiger partial charge >= 0.3 is 0 Å². The maximum absolute atomic E-state index is 12.8. The molecular weight excluding hydrogens is 326 g/mol. The first kappa shape index (κ1) is 18.3. The number of hydrogen-bond acceptors (Lipinski definition) is 3. The molecule has 4 nitrogen and oxygen atoms in total. The summed E-state index contributed by atoms with van der Waals surface area (Å²) in [5.41, 5.74) is 2.40. The van der Waals surface area contributed by atoms with Crippen LogP contribution in [-0.2, 0) is 4.79 Å². The van der Waals surface area contributed by atoms with Gasteiger partial charge in [0.05, 0.1) is 6.04 Å². The molecule has 138 valence electrons. The van der Waals surface area contributed by atoms with Crippen molar-refractivity contribution in [3.05, 3.63) is 59.7 Å². The van der Waals surface area contributed by atoms with E-state index in [0.29, 0.717) is 17.4 Å². The highest BCUT2D eigenvalue weighted by Gasteiger charge is 2.30. The Balaban J connectivity index is 1.71. The Bertz CT molecular complexity index is 752. The molecule has 0 saturated heterocycles. The number of carbonyl (C=O) groups excluding carboxylic acids is 1. The van der Waals surface area contributed by atoms with E-state index >= 15 is 0 Å². The number of amides is 1. The number of fused-ring (bicyclic) bond motifs is 1. The monoisotopic (exact) mass is 353 g/mol. The summed E-state index contributed by atoms with van der Waals surface area (Å²) in [5, 5.41) is 3.14. The van der Waals surface area contributed by atoms with Gasteiger partial charge < -0.3 is 14.8 Å². The van der Waals surface area contributed by atoms with Gasteiger partial charge in [-0.05, 0) is 35.1 Å². The first-order valence-electron chi connectivity index (χ1n) is 9.24. The third kappa shape index (κ3) is 4.01. The van der Waals surface area contributed by atoms with Crippen molar-refractivity contribution in [2.24, 2.45) is 5.92 Å². The number of hydrogen-bond donors (Lipinski definition) is 1. The average molecular weight is 353 g/mol. The average Bonchev–Trinajstić information content (AvgIpc) is 2.65. The van der Waals surface area contributed by atoms with E-state index in [9.17, 15) is 4.79 Å². The predicted octanol–water partition coefficient (Wildman–Crippen LogP) is 4.46. The van der Waals surface area contributed by atoms with Gasteiger partial charge in [0, 0.05) is 0 Å². The topological polar surface area (TPSA) is 47.6 Å². The minimum Gasteiger partial charge on any atom is -0.485 e. The van der Waals surface area contributed by atoms with Crippen molar-refractivity contribution >= 4 is 5.91 Å². The Kier molecular flexibility index (Phi) is 5.50. The van der Waals surface area contributed by atoms with Gasteiger partial charge in [-0.25, -0.2) is 0 Å². The number of para-hydroxylation sites is 2. The first-order valence-corrected chi connectivity index (χ1v) is 9.24.